The van der Waals surface area contributed by atoms with E-state index < -0.39 is 11.9 Å². The van der Waals surface area contributed by atoms with E-state index in [0.717, 1.165) is 22.8 Å². The van der Waals surface area contributed by atoms with Crippen LogP contribution >= 0.6 is 38.5 Å². The van der Waals surface area contributed by atoms with Crippen molar-refractivity contribution in [1.82, 2.24) is 14.9 Å². The first-order valence-electron chi connectivity index (χ1n) is 9.78. The van der Waals surface area contributed by atoms with Gasteiger partial charge < -0.3 is 24.4 Å². The fourth-order valence-electron chi connectivity index (χ4n) is 4.51. The highest BCUT2D eigenvalue weighted by atomic mass is 127. The van der Waals surface area contributed by atoms with Crippen LogP contribution in [-0.4, -0.2) is 70.6 Å². The molecular formula is C19H19BrFIN4O4. The zero-order valence-corrected chi connectivity index (χ0v) is 19.6. The molecule has 3 aliphatic heterocycles. The zero-order chi connectivity index (χ0) is 21.0. The van der Waals surface area contributed by atoms with E-state index in [2.05, 4.69) is 53.4 Å². The van der Waals surface area contributed by atoms with E-state index in [1.54, 1.807) is 0 Å². The van der Waals surface area contributed by atoms with Crippen LogP contribution in [0.4, 0.5) is 15.0 Å². The smallest absolute Gasteiger partial charge is 0.407 e. The van der Waals surface area contributed by atoms with Crippen LogP contribution in [0.2, 0.25) is 0 Å². The van der Waals surface area contributed by atoms with Crippen LogP contribution in [0.25, 0.3) is 10.9 Å². The number of amides is 1. The van der Waals surface area contributed by atoms with Gasteiger partial charge in [0.15, 0.2) is 5.82 Å². The van der Waals surface area contributed by atoms with E-state index in [9.17, 15) is 9.90 Å². The quantitative estimate of drug-likeness (QED) is 0.430. The standard InChI is InChI=1S/C19H19BrFIN4O4/c20-14-13(22)6-12-16(15(14)21)23-18(30-11-1-3-29-4-2-11)24-17(12)25-7-10-5-9(25)8-26(10)19(27)28/h6,9-11H,1-5,7-8H2,(H,27,28)/t9-,10-/m0/s1. The molecule has 4 heterocycles. The third-order valence-corrected chi connectivity index (χ3v) is 8.35. The average molecular weight is 593 g/mol. The van der Waals surface area contributed by atoms with Crippen LogP contribution < -0.4 is 9.64 Å². The van der Waals surface area contributed by atoms with Crippen molar-refractivity contribution >= 4 is 61.3 Å². The third kappa shape index (κ3) is 3.48. The molecule has 30 heavy (non-hydrogen) atoms. The number of carbonyl (C=O) groups is 1. The molecule has 0 unspecified atom stereocenters. The number of benzene rings is 1. The number of fused-ring (bicyclic) bond motifs is 3. The van der Waals surface area contributed by atoms with Crippen molar-refractivity contribution in [2.45, 2.75) is 37.5 Å². The largest absolute Gasteiger partial charge is 0.465 e. The van der Waals surface area contributed by atoms with Gasteiger partial charge >= 0.3 is 12.1 Å². The molecule has 2 aromatic rings. The highest BCUT2D eigenvalue weighted by Crippen LogP contribution is 2.40. The normalized spacial score (nSPS) is 24.1. The number of piperazine rings is 1. The van der Waals surface area contributed by atoms with Gasteiger partial charge in [0, 0.05) is 34.9 Å². The van der Waals surface area contributed by atoms with Crippen LogP contribution in [0.5, 0.6) is 6.01 Å². The first-order valence-corrected chi connectivity index (χ1v) is 11.7. The SMILES string of the molecule is O=C(O)N1C[C@@H]2C[C@H]1CN2c1nc(OC2CCOCC2)nc2c(F)c(Br)c(I)cc12. The van der Waals surface area contributed by atoms with Gasteiger partial charge in [-0.2, -0.15) is 9.97 Å². The fourth-order valence-corrected chi connectivity index (χ4v) is 5.36. The predicted octanol–water partition coefficient (Wildman–Crippen LogP) is 3.63. The first kappa shape index (κ1) is 20.4. The lowest BCUT2D eigenvalue weighted by molar-refractivity contribution is 0.0219. The maximum Gasteiger partial charge on any atom is 0.407 e. The fraction of sp³-hybridized carbons (Fsp3) is 0.526. The monoisotopic (exact) mass is 592 g/mol. The van der Waals surface area contributed by atoms with Crippen molar-refractivity contribution in [1.29, 1.82) is 0 Å². The molecule has 2 atom stereocenters. The molecule has 8 nitrogen and oxygen atoms in total. The predicted molar refractivity (Wildman–Crippen MR) is 119 cm³/mol. The highest BCUT2D eigenvalue weighted by Gasteiger charge is 2.46. The number of ether oxygens (including phenoxy) is 2. The molecule has 3 aliphatic rings. The zero-order valence-electron chi connectivity index (χ0n) is 15.9. The highest BCUT2D eigenvalue weighted by molar-refractivity contribution is 14.1. The van der Waals surface area contributed by atoms with Gasteiger partial charge in [0.2, 0.25) is 0 Å². The summed E-state index contributed by atoms with van der Waals surface area (Å²) in [5.74, 6) is 0.151. The van der Waals surface area contributed by atoms with Gasteiger partial charge in [-0.25, -0.2) is 9.18 Å². The molecule has 2 bridgehead atoms. The van der Waals surface area contributed by atoms with Gasteiger partial charge in [0.1, 0.15) is 17.4 Å². The summed E-state index contributed by atoms with van der Waals surface area (Å²) in [6.45, 7) is 2.17. The van der Waals surface area contributed by atoms with Crippen LogP contribution in [0, 0.1) is 9.39 Å². The van der Waals surface area contributed by atoms with Gasteiger partial charge in [-0.15, -0.1) is 0 Å². The Kier molecular flexibility index (Phi) is 5.38. The van der Waals surface area contributed by atoms with E-state index in [1.807, 2.05) is 6.07 Å². The number of anilines is 1. The summed E-state index contributed by atoms with van der Waals surface area (Å²) in [7, 11) is 0. The molecule has 160 valence electrons. The number of carboxylic acid groups (broad SMARTS) is 1. The molecule has 1 N–H and O–H groups in total. The molecule has 0 radical (unpaired) electrons. The molecule has 0 aliphatic carbocycles. The average Bonchev–Trinajstić information content (AvgIpc) is 3.34. The van der Waals surface area contributed by atoms with E-state index in [1.165, 1.54) is 4.90 Å². The Hall–Kier alpha value is -1.47. The maximum atomic E-state index is 15.1. The van der Waals surface area contributed by atoms with Crippen molar-refractivity contribution < 1.29 is 23.8 Å². The number of likely N-dealkylation sites (tertiary alicyclic amines) is 1. The molecule has 1 amide bonds. The van der Waals surface area contributed by atoms with Crippen molar-refractivity contribution in [3.8, 4) is 6.01 Å². The van der Waals surface area contributed by atoms with Crippen molar-refractivity contribution in [3.05, 3.63) is 19.9 Å². The molecule has 5 rings (SSSR count). The van der Waals surface area contributed by atoms with Crippen molar-refractivity contribution in [2.75, 3.05) is 31.2 Å². The van der Waals surface area contributed by atoms with E-state index in [-0.39, 0.29) is 29.7 Å². The summed E-state index contributed by atoms with van der Waals surface area (Å²) in [4.78, 5) is 24.1. The second kappa shape index (κ2) is 7.90. The van der Waals surface area contributed by atoms with Crippen molar-refractivity contribution in [3.63, 3.8) is 0 Å². The summed E-state index contributed by atoms with van der Waals surface area (Å²) in [5, 5.41) is 9.99. The number of hydrogen-bond donors (Lipinski definition) is 1. The summed E-state index contributed by atoms with van der Waals surface area (Å²) in [6, 6.07) is 1.92. The number of rotatable bonds is 3. The Morgan fingerprint density at radius 1 is 1.30 bits per heavy atom. The lowest BCUT2D eigenvalue weighted by Crippen LogP contribution is -2.48. The number of nitrogens with zero attached hydrogens (tertiary/aromatic N) is 4. The van der Waals surface area contributed by atoms with Crippen LogP contribution in [0.3, 0.4) is 0 Å². The number of hydrogen-bond acceptors (Lipinski definition) is 6. The maximum absolute atomic E-state index is 15.1. The van der Waals surface area contributed by atoms with E-state index in [4.69, 9.17) is 9.47 Å². The molecule has 3 fully saturated rings. The lowest BCUT2D eigenvalue weighted by Gasteiger charge is -2.34. The molecule has 1 aromatic heterocycles. The van der Waals surface area contributed by atoms with Gasteiger partial charge in [-0.3, -0.25) is 0 Å². The minimum absolute atomic E-state index is 0.00417. The van der Waals surface area contributed by atoms with E-state index in [0.29, 0.717) is 42.0 Å². The second-order valence-corrected chi connectivity index (χ2v) is 9.73. The summed E-state index contributed by atoms with van der Waals surface area (Å²) in [5.41, 5.74) is 0.201. The molecule has 3 saturated heterocycles. The molecule has 0 spiro atoms. The van der Waals surface area contributed by atoms with Crippen LogP contribution in [0.15, 0.2) is 10.5 Å². The molecule has 0 saturated carbocycles. The second-order valence-electron chi connectivity index (χ2n) is 7.77. The Bertz CT molecular complexity index is 1020. The Balaban J connectivity index is 1.56. The summed E-state index contributed by atoms with van der Waals surface area (Å²) in [6.07, 6.45) is 1.24. The summed E-state index contributed by atoms with van der Waals surface area (Å²) >= 11 is 5.38. The summed E-state index contributed by atoms with van der Waals surface area (Å²) < 4.78 is 27.6. The Morgan fingerprint density at radius 3 is 2.73 bits per heavy atom. The Morgan fingerprint density at radius 2 is 2.07 bits per heavy atom. The molecule has 11 heteroatoms. The van der Waals surface area contributed by atoms with Gasteiger partial charge in [0.05, 0.1) is 29.8 Å². The number of halogens is 3. The lowest BCUT2D eigenvalue weighted by atomic mass is 10.1. The van der Waals surface area contributed by atoms with Gasteiger partial charge in [-0.05, 0) is 51.0 Å². The van der Waals surface area contributed by atoms with Crippen LogP contribution in [0.1, 0.15) is 19.3 Å². The Labute approximate surface area is 194 Å². The first-order chi connectivity index (χ1) is 14.4. The van der Waals surface area contributed by atoms with Crippen molar-refractivity contribution in [2.24, 2.45) is 0 Å². The minimum atomic E-state index is -0.900. The third-order valence-electron chi connectivity index (χ3n) is 5.99. The van der Waals surface area contributed by atoms with Gasteiger partial charge in [0.25, 0.3) is 0 Å². The molecule has 1 aromatic carbocycles. The molecular weight excluding hydrogens is 574 g/mol. The van der Waals surface area contributed by atoms with E-state index >= 15 is 4.39 Å². The minimum Gasteiger partial charge on any atom is -0.465 e. The van der Waals surface area contributed by atoms with Crippen LogP contribution in [-0.2, 0) is 4.74 Å². The number of aromatic nitrogens is 2. The van der Waals surface area contributed by atoms with Gasteiger partial charge in [-0.1, -0.05) is 0 Å². The topological polar surface area (TPSA) is 88.0 Å².